The highest BCUT2D eigenvalue weighted by molar-refractivity contribution is 5.84. The third-order valence-electron chi connectivity index (χ3n) is 3.77. The molecule has 4 heteroatoms. The minimum atomic E-state index is 0.00143. The van der Waals surface area contributed by atoms with Gasteiger partial charge < -0.3 is 9.64 Å². The molecule has 1 heterocycles. The van der Waals surface area contributed by atoms with Gasteiger partial charge in [0.05, 0.1) is 12.2 Å². The second-order valence-electron chi connectivity index (χ2n) is 6.03. The maximum atomic E-state index is 12.6. The molecular formula is C15H30N2O2. The summed E-state index contributed by atoms with van der Waals surface area (Å²) < 4.78 is 5.14. The molecule has 0 radical (unpaired) electrons. The zero-order valence-electron chi connectivity index (χ0n) is 13.1. The number of amides is 1. The van der Waals surface area contributed by atoms with Crippen molar-refractivity contribution < 1.29 is 9.53 Å². The van der Waals surface area contributed by atoms with Crippen LogP contribution in [0.3, 0.4) is 0 Å². The highest BCUT2D eigenvalue weighted by Crippen LogP contribution is 2.23. The molecule has 112 valence electrons. The third kappa shape index (κ3) is 4.46. The van der Waals surface area contributed by atoms with Gasteiger partial charge in [-0.25, -0.2) is 0 Å². The standard InChI is InChI=1S/C15H30N2O2/c1-6-7-14-16-13(10-11(2)3)15(18)17(14)12(4)8-9-19-5/h11-14,16H,6-10H2,1-5H3. The first kappa shape index (κ1) is 16.4. The van der Waals surface area contributed by atoms with E-state index < -0.39 is 0 Å². The summed E-state index contributed by atoms with van der Waals surface area (Å²) in [5.41, 5.74) is 0. The third-order valence-corrected chi connectivity index (χ3v) is 3.77. The van der Waals surface area contributed by atoms with Gasteiger partial charge in [0, 0.05) is 19.8 Å². The van der Waals surface area contributed by atoms with Crippen LogP contribution in [0.1, 0.15) is 53.4 Å². The number of carbonyl (C=O) groups is 1. The fourth-order valence-corrected chi connectivity index (χ4v) is 2.81. The second-order valence-corrected chi connectivity index (χ2v) is 6.03. The molecule has 0 aromatic carbocycles. The van der Waals surface area contributed by atoms with Crippen LogP contribution in [-0.2, 0) is 9.53 Å². The maximum absolute atomic E-state index is 12.6. The SMILES string of the molecule is CCCC1NC(CC(C)C)C(=O)N1C(C)CCOC. The van der Waals surface area contributed by atoms with Crippen molar-refractivity contribution in [1.29, 1.82) is 0 Å². The van der Waals surface area contributed by atoms with Crippen LogP contribution in [0.25, 0.3) is 0 Å². The molecule has 19 heavy (non-hydrogen) atoms. The van der Waals surface area contributed by atoms with Crippen molar-refractivity contribution in [1.82, 2.24) is 10.2 Å². The van der Waals surface area contributed by atoms with Gasteiger partial charge >= 0.3 is 0 Å². The van der Waals surface area contributed by atoms with Crippen molar-refractivity contribution in [2.24, 2.45) is 5.92 Å². The fourth-order valence-electron chi connectivity index (χ4n) is 2.81. The number of rotatable bonds is 8. The number of nitrogens with zero attached hydrogens (tertiary/aromatic N) is 1. The molecule has 0 bridgehead atoms. The first-order chi connectivity index (χ1) is 9.01. The number of hydrogen-bond acceptors (Lipinski definition) is 3. The van der Waals surface area contributed by atoms with E-state index >= 15 is 0 Å². The van der Waals surface area contributed by atoms with Crippen LogP contribution in [0.2, 0.25) is 0 Å². The zero-order valence-corrected chi connectivity index (χ0v) is 13.1. The predicted octanol–water partition coefficient (Wildman–Crippen LogP) is 2.38. The van der Waals surface area contributed by atoms with Gasteiger partial charge in [-0.1, -0.05) is 27.2 Å². The maximum Gasteiger partial charge on any atom is 0.241 e. The summed E-state index contributed by atoms with van der Waals surface area (Å²) in [4.78, 5) is 14.6. The van der Waals surface area contributed by atoms with Crippen molar-refractivity contribution in [3.8, 4) is 0 Å². The first-order valence-electron chi connectivity index (χ1n) is 7.58. The molecule has 1 aliphatic rings. The number of methoxy groups -OCH3 is 1. The molecule has 1 rings (SSSR count). The van der Waals surface area contributed by atoms with Gasteiger partial charge in [0.2, 0.25) is 5.91 Å². The smallest absolute Gasteiger partial charge is 0.241 e. The largest absolute Gasteiger partial charge is 0.385 e. The molecule has 1 saturated heterocycles. The van der Waals surface area contributed by atoms with Gasteiger partial charge in [0.25, 0.3) is 0 Å². The van der Waals surface area contributed by atoms with Crippen LogP contribution in [0.15, 0.2) is 0 Å². The van der Waals surface area contributed by atoms with E-state index in [1.165, 1.54) is 0 Å². The molecule has 4 nitrogen and oxygen atoms in total. The van der Waals surface area contributed by atoms with Gasteiger partial charge in [-0.05, 0) is 32.1 Å². The molecule has 0 aromatic heterocycles. The molecule has 0 aliphatic carbocycles. The fraction of sp³-hybridized carbons (Fsp3) is 0.933. The molecule has 1 fully saturated rings. The average molecular weight is 270 g/mol. The molecule has 3 unspecified atom stereocenters. The van der Waals surface area contributed by atoms with E-state index in [0.29, 0.717) is 12.5 Å². The average Bonchev–Trinajstić information content (AvgIpc) is 2.63. The molecule has 3 atom stereocenters. The predicted molar refractivity (Wildman–Crippen MR) is 77.9 cm³/mol. The molecule has 0 spiro atoms. The molecule has 1 aliphatic heterocycles. The Morgan fingerprint density at radius 3 is 2.58 bits per heavy atom. The second kappa shape index (κ2) is 7.85. The minimum absolute atomic E-state index is 0.00143. The lowest BCUT2D eigenvalue weighted by molar-refractivity contribution is -0.132. The van der Waals surface area contributed by atoms with E-state index in [0.717, 1.165) is 25.7 Å². The van der Waals surface area contributed by atoms with E-state index in [-0.39, 0.29) is 24.2 Å². The lowest BCUT2D eigenvalue weighted by Crippen LogP contribution is -2.43. The molecule has 1 amide bonds. The van der Waals surface area contributed by atoms with Gasteiger partial charge in [-0.3, -0.25) is 10.1 Å². The summed E-state index contributed by atoms with van der Waals surface area (Å²) in [6, 6.07) is 0.246. The van der Waals surface area contributed by atoms with Crippen molar-refractivity contribution in [2.45, 2.75) is 71.6 Å². The summed E-state index contributed by atoms with van der Waals surface area (Å²) in [5, 5.41) is 3.52. The Morgan fingerprint density at radius 1 is 1.37 bits per heavy atom. The number of carbonyl (C=O) groups excluding carboxylic acids is 1. The van der Waals surface area contributed by atoms with Crippen LogP contribution in [0.4, 0.5) is 0 Å². The van der Waals surface area contributed by atoms with Gasteiger partial charge in [-0.15, -0.1) is 0 Å². The van der Waals surface area contributed by atoms with Gasteiger partial charge in [0.1, 0.15) is 0 Å². The Labute approximate surface area is 117 Å². The highest BCUT2D eigenvalue weighted by Gasteiger charge is 2.40. The molecule has 1 N–H and O–H groups in total. The van der Waals surface area contributed by atoms with Crippen molar-refractivity contribution in [3.63, 3.8) is 0 Å². The highest BCUT2D eigenvalue weighted by atomic mass is 16.5. The summed E-state index contributed by atoms with van der Waals surface area (Å²) in [7, 11) is 1.71. The Balaban J connectivity index is 2.70. The van der Waals surface area contributed by atoms with Crippen LogP contribution < -0.4 is 5.32 Å². The van der Waals surface area contributed by atoms with E-state index in [4.69, 9.17) is 4.74 Å². The number of ether oxygens (including phenoxy) is 1. The Hall–Kier alpha value is -0.610. The first-order valence-corrected chi connectivity index (χ1v) is 7.58. The van der Waals surface area contributed by atoms with Crippen LogP contribution in [0.5, 0.6) is 0 Å². The number of nitrogens with one attached hydrogen (secondary N) is 1. The zero-order chi connectivity index (χ0) is 14.4. The van der Waals surface area contributed by atoms with Crippen molar-refractivity contribution in [2.75, 3.05) is 13.7 Å². The summed E-state index contributed by atoms with van der Waals surface area (Å²) in [6.45, 7) is 9.33. The monoisotopic (exact) mass is 270 g/mol. The van der Waals surface area contributed by atoms with Crippen LogP contribution in [-0.4, -0.2) is 42.8 Å². The Bertz CT molecular complexity index is 281. The van der Waals surface area contributed by atoms with Crippen LogP contribution >= 0.6 is 0 Å². The normalized spacial score (nSPS) is 25.4. The lowest BCUT2D eigenvalue weighted by atomic mass is 10.0. The van der Waals surface area contributed by atoms with Gasteiger partial charge in [-0.2, -0.15) is 0 Å². The summed E-state index contributed by atoms with van der Waals surface area (Å²) >= 11 is 0. The van der Waals surface area contributed by atoms with Crippen molar-refractivity contribution >= 4 is 5.91 Å². The molecule has 0 aromatic rings. The Kier molecular flexibility index (Phi) is 6.80. The van der Waals surface area contributed by atoms with E-state index in [1.54, 1.807) is 7.11 Å². The van der Waals surface area contributed by atoms with E-state index in [2.05, 4.69) is 37.9 Å². The number of hydrogen-bond donors (Lipinski definition) is 1. The summed E-state index contributed by atoms with van der Waals surface area (Å²) in [6.07, 6.45) is 4.14. The Morgan fingerprint density at radius 2 is 2.05 bits per heavy atom. The topological polar surface area (TPSA) is 41.6 Å². The lowest BCUT2D eigenvalue weighted by Gasteiger charge is -2.30. The quantitative estimate of drug-likeness (QED) is 0.736. The van der Waals surface area contributed by atoms with Crippen molar-refractivity contribution in [3.05, 3.63) is 0 Å². The van der Waals surface area contributed by atoms with Gasteiger partial charge in [0.15, 0.2) is 0 Å². The molecule has 0 saturated carbocycles. The molecular weight excluding hydrogens is 240 g/mol. The minimum Gasteiger partial charge on any atom is -0.385 e. The van der Waals surface area contributed by atoms with E-state index in [9.17, 15) is 4.79 Å². The van der Waals surface area contributed by atoms with Crippen LogP contribution in [0, 0.1) is 5.92 Å². The summed E-state index contributed by atoms with van der Waals surface area (Å²) in [5.74, 6) is 0.814. The van der Waals surface area contributed by atoms with E-state index in [1.807, 2.05) is 0 Å².